The number of nitrogens with zero attached hydrogens (tertiary/aromatic N) is 1. The maximum absolute atomic E-state index is 10.6. The summed E-state index contributed by atoms with van der Waals surface area (Å²) in [6, 6.07) is 3.41. The number of rotatable bonds is 4. The molecule has 22 heavy (non-hydrogen) atoms. The molecule has 0 saturated carbocycles. The Kier molecular flexibility index (Phi) is 5.16. The number of hydrogen-bond acceptors (Lipinski definition) is 8. The molecule has 0 amide bonds. The molecular formula is C12H14ClNO8. The van der Waals surface area contributed by atoms with Gasteiger partial charge in [-0.25, -0.2) is 0 Å². The summed E-state index contributed by atoms with van der Waals surface area (Å²) >= 11 is 5.85. The van der Waals surface area contributed by atoms with Crippen LogP contribution in [0.2, 0.25) is 5.02 Å². The van der Waals surface area contributed by atoms with Crippen LogP contribution in [0.4, 0.5) is 5.69 Å². The van der Waals surface area contributed by atoms with Crippen LogP contribution in [0.25, 0.3) is 0 Å². The van der Waals surface area contributed by atoms with Crippen LogP contribution in [0, 0.1) is 10.1 Å². The molecule has 0 aliphatic carbocycles. The van der Waals surface area contributed by atoms with Crippen LogP contribution < -0.4 is 4.74 Å². The maximum Gasteiger partial charge on any atom is 0.271 e. The second kappa shape index (κ2) is 6.73. The number of non-ortho nitro benzene ring substituents is 1. The van der Waals surface area contributed by atoms with E-state index in [2.05, 4.69) is 0 Å². The zero-order valence-corrected chi connectivity index (χ0v) is 11.8. The van der Waals surface area contributed by atoms with Crippen LogP contribution in [0.15, 0.2) is 18.2 Å². The van der Waals surface area contributed by atoms with Crippen molar-refractivity contribution in [1.29, 1.82) is 0 Å². The molecular weight excluding hydrogens is 322 g/mol. The summed E-state index contributed by atoms with van der Waals surface area (Å²) in [6.45, 7) is -0.598. The molecule has 1 aliphatic rings. The lowest BCUT2D eigenvalue weighted by Crippen LogP contribution is -2.60. The molecule has 0 radical (unpaired) electrons. The van der Waals surface area contributed by atoms with Crippen molar-refractivity contribution in [3.05, 3.63) is 33.3 Å². The van der Waals surface area contributed by atoms with Crippen molar-refractivity contribution >= 4 is 17.3 Å². The minimum atomic E-state index is -1.59. The van der Waals surface area contributed by atoms with E-state index in [0.717, 1.165) is 12.1 Å². The van der Waals surface area contributed by atoms with E-state index in [1.165, 1.54) is 6.07 Å². The van der Waals surface area contributed by atoms with E-state index in [0.29, 0.717) is 0 Å². The first-order chi connectivity index (χ1) is 10.3. The van der Waals surface area contributed by atoms with Gasteiger partial charge in [0.2, 0.25) is 6.29 Å². The van der Waals surface area contributed by atoms with Crippen molar-refractivity contribution in [3.8, 4) is 5.75 Å². The molecule has 0 bridgehead atoms. The van der Waals surface area contributed by atoms with Crippen molar-refractivity contribution < 1.29 is 34.8 Å². The van der Waals surface area contributed by atoms with Gasteiger partial charge in [-0.3, -0.25) is 10.1 Å². The Balaban J connectivity index is 2.17. The number of hydrogen-bond donors (Lipinski definition) is 4. The minimum Gasteiger partial charge on any atom is -0.460 e. The molecule has 1 fully saturated rings. The van der Waals surface area contributed by atoms with E-state index < -0.39 is 42.2 Å². The van der Waals surface area contributed by atoms with Crippen molar-refractivity contribution in [2.45, 2.75) is 30.7 Å². The number of nitro groups is 1. The lowest BCUT2D eigenvalue weighted by atomic mass is 9.99. The van der Waals surface area contributed by atoms with Crippen molar-refractivity contribution in [3.63, 3.8) is 0 Å². The van der Waals surface area contributed by atoms with Gasteiger partial charge in [-0.2, -0.15) is 0 Å². The molecule has 1 saturated heterocycles. The smallest absolute Gasteiger partial charge is 0.271 e. The standard InChI is InChI=1S/C12H14ClNO8/c13-6-3-5(14(19)20)1-2-7(6)21-12-11(18)10(17)9(16)8(4-15)22-12/h1-3,8-12,15-18H,4H2/t8-,9-,10+,11-,12+/m1/s1. The highest BCUT2D eigenvalue weighted by molar-refractivity contribution is 6.32. The van der Waals surface area contributed by atoms with Crippen LogP contribution in [0.1, 0.15) is 0 Å². The molecule has 4 N–H and O–H groups in total. The minimum absolute atomic E-state index is 0.0170. The van der Waals surface area contributed by atoms with E-state index >= 15 is 0 Å². The Morgan fingerprint density at radius 1 is 1.27 bits per heavy atom. The lowest BCUT2D eigenvalue weighted by molar-refractivity contribution is -0.384. The van der Waals surface area contributed by atoms with Crippen LogP contribution in [-0.2, 0) is 4.74 Å². The predicted octanol–water partition coefficient (Wildman–Crippen LogP) is -0.573. The molecule has 1 aromatic carbocycles. The monoisotopic (exact) mass is 335 g/mol. The molecule has 10 heteroatoms. The number of aliphatic hydroxyl groups is 4. The Morgan fingerprint density at radius 3 is 2.50 bits per heavy atom. The Bertz CT molecular complexity index is 554. The van der Waals surface area contributed by atoms with Gasteiger partial charge in [0.25, 0.3) is 5.69 Å². The Morgan fingerprint density at radius 2 is 1.95 bits per heavy atom. The molecule has 1 heterocycles. The highest BCUT2D eigenvalue weighted by Gasteiger charge is 2.44. The molecule has 2 rings (SSSR count). The summed E-state index contributed by atoms with van der Waals surface area (Å²) in [4.78, 5) is 9.98. The molecule has 0 unspecified atom stereocenters. The maximum atomic E-state index is 10.6. The van der Waals surface area contributed by atoms with Gasteiger partial charge in [-0.05, 0) is 6.07 Å². The molecule has 1 aliphatic heterocycles. The van der Waals surface area contributed by atoms with E-state index in [1.54, 1.807) is 0 Å². The molecule has 5 atom stereocenters. The number of benzene rings is 1. The average molecular weight is 336 g/mol. The van der Waals surface area contributed by atoms with Gasteiger partial charge in [0.15, 0.2) is 0 Å². The van der Waals surface area contributed by atoms with Gasteiger partial charge in [0.1, 0.15) is 30.2 Å². The normalized spacial score (nSPS) is 31.8. The average Bonchev–Trinajstić information content (AvgIpc) is 2.49. The summed E-state index contributed by atoms with van der Waals surface area (Å²) < 4.78 is 10.4. The third-order valence-electron chi connectivity index (χ3n) is 3.22. The number of aliphatic hydroxyl groups excluding tert-OH is 4. The first-order valence-electron chi connectivity index (χ1n) is 6.26. The van der Waals surface area contributed by atoms with E-state index in [-0.39, 0.29) is 16.5 Å². The van der Waals surface area contributed by atoms with Gasteiger partial charge < -0.3 is 29.9 Å². The second-order valence-electron chi connectivity index (χ2n) is 4.69. The highest BCUT2D eigenvalue weighted by Crippen LogP contribution is 2.31. The molecule has 9 nitrogen and oxygen atoms in total. The van der Waals surface area contributed by atoms with E-state index in [1.807, 2.05) is 0 Å². The van der Waals surface area contributed by atoms with Gasteiger partial charge >= 0.3 is 0 Å². The van der Waals surface area contributed by atoms with Crippen LogP contribution in [-0.4, -0.2) is 62.7 Å². The molecule has 1 aromatic rings. The summed E-state index contributed by atoms with van der Waals surface area (Å²) in [5, 5.41) is 48.7. The van der Waals surface area contributed by atoms with Gasteiger partial charge in [-0.15, -0.1) is 0 Å². The fourth-order valence-corrected chi connectivity index (χ4v) is 2.21. The zero-order chi connectivity index (χ0) is 16.4. The number of nitro benzene ring substituents is 1. The van der Waals surface area contributed by atoms with Crippen molar-refractivity contribution in [2.24, 2.45) is 0 Å². The van der Waals surface area contributed by atoms with E-state index in [9.17, 15) is 25.4 Å². The van der Waals surface area contributed by atoms with Gasteiger partial charge in [0, 0.05) is 12.1 Å². The quantitative estimate of drug-likeness (QED) is 0.423. The third-order valence-corrected chi connectivity index (χ3v) is 3.51. The Labute approximate surface area is 129 Å². The number of ether oxygens (including phenoxy) is 2. The highest BCUT2D eigenvalue weighted by atomic mass is 35.5. The van der Waals surface area contributed by atoms with Crippen LogP contribution >= 0.6 is 11.6 Å². The second-order valence-corrected chi connectivity index (χ2v) is 5.09. The fraction of sp³-hybridized carbons (Fsp3) is 0.500. The predicted molar refractivity (Wildman–Crippen MR) is 72.5 cm³/mol. The largest absolute Gasteiger partial charge is 0.460 e. The fourth-order valence-electron chi connectivity index (χ4n) is 1.99. The SMILES string of the molecule is O=[N+]([O-])c1ccc(O[C@H]2O[C@H](CO)[C@@H](O)[C@H](O)[C@H]2O)c(Cl)c1. The summed E-state index contributed by atoms with van der Waals surface area (Å²) in [5.41, 5.74) is -0.244. The lowest BCUT2D eigenvalue weighted by Gasteiger charge is -2.39. The first kappa shape index (κ1) is 16.9. The zero-order valence-electron chi connectivity index (χ0n) is 11.1. The summed E-state index contributed by atoms with van der Waals surface area (Å²) in [5.74, 6) is -0.0170. The first-order valence-corrected chi connectivity index (χ1v) is 6.64. The van der Waals surface area contributed by atoms with Gasteiger partial charge in [-0.1, -0.05) is 11.6 Å². The summed E-state index contributed by atoms with van der Waals surface area (Å²) in [7, 11) is 0. The molecule has 0 spiro atoms. The van der Waals surface area contributed by atoms with Gasteiger partial charge in [0.05, 0.1) is 16.6 Å². The van der Waals surface area contributed by atoms with Crippen LogP contribution in [0.5, 0.6) is 5.75 Å². The topological polar surface area (TPSA) is 143 Å². The molecule has 122 valence electrons. The van der Waals surface area contributed by atoms with Crippen molar-refractivity contribution in [2.75, 3.05) is 6.61 Å². The van der Waals surface area contributed by atoms with E-state index in [4.69, 9.17) is 26.2 Å². The third kappa shape index (κ3) is 3.29. The molecule has 0 aromatic heterocycles. The summed E-state index contributed by atoms with van der Waals surface area (Å²) in [6.07, 6.45) is -7.22. The number of halogens is 1. The van der Waals surface area contributed by atoms with Crippen molar-refractivity contribution in [1.82, 2.24) is 0 Å². The van der Waals surface area contributed by atoms with Crippen LogP contribution in [0.3, 0.4) is 0 Å². The Hall–Kier alpha value is -1.49.